The first-order valence-corrected chi connectivity index (χ1v) is 14.9. The van der Waals surface area contributed by atoms with Crippen molar-refractivity contribution in [3.63, 3.8) is 0 Å². The Kier molecular flexibility index (Phi) is 9.27. The molecule has 252 valence electrons. The molecule has 48 heavy (non-hydrogen) atoms. The highest BCUT2D eigenvalue weighted by molar-refractivity contribution is 6.35. The van der Waals surface area contributed by atoms with Gasteiger partial charge < -0.3 is 37.9 Å². The van der Waals surface area contributed by atoms with E-state index in [1.807, 2.05) is 0 Å². The standard InChI is InChI=1S/C34H31ClO13/c1-15-9-20(36)26(30(38)34(15)31(39)27-23(42-2)14-24(43-3)28(35)29(27)48-34)19(13-25(37)44-4)22-8-7-21(47-22)16-10-17(32(40)45-5)12-18(11-16)33(41)46-6/h7-8,10-12,14-15,19,38H,9,13H2,1-6H3. The van der Waals surface area contributed by atoms with Crippen molar-refractivity contribution < 1.29 is 61.9 Å². The lowest BCUT2D eigenvalue weighted by atomic mass is 9.69. The van der Waals surface area contributed by atoms with E-state index >= 15 is 0 Å². The van der Waals surface area contributed by atoms with Crippen LogP contribution in [-0.2, 0) is 23.8 Å². The molecule has 1 aromatic heterocycles. The SMILES string of the molecule is COC(=O)CC(C1=C(O)C2(Oc3c(Cl)c(OC)cc(OC)c3C2=O)C(C)CC1=O)c1ccc(-c2cc(C(=O)OC)cc(C(=O)OC)c2)o1. The second-order valence-electron chi connectivity index (χ2n) is 11.1. The number of ether oxygens (including phenoxy) is 6. The van der Waals surface area contributed by atoms with Crippen molar-refractivity contribution in [3.8, 4) is 28.6 Å². The van der Waals surface area contributed by atoms with Crippen LogP contribution in [0.2, 0.25) is 5.02 Å². The Labute approximate surface area is 279 Å². The van der Waals surface area contributed by atoms with Gasteiger partial charge in [0.2, 0.25) is 11.4 Å². The maximum absolute atomic E-state index is 14.2. The number of halogens is 1. The molecule has 0 bridgehead atoms. The minimum Gasteiger partial charge on any atom is -0.507 e. The summed E-state index contributed by atoms with van der Waals surface area (Å²) in [5.41, 5.74) is -2.14. The highest BCUT2D eigenvalue weighted by Crippen LogP contribution is 2.56. The first-order valence-electron chi connectivity index (χ1n) is 14.5. The van der Waals surface area contributed by atoms with Gasteiger partial charge >= 0.3 is 17.9 Å². The lowest BCUT2D eigenvalue weighted by molar-refractivity contribution is -0.141. The summed E-state index contributed by atoms with van der Waals surface area (Å²) in [6, 6.07) is 8.49. The van der Waals surface area contributed by atoms with Gasteiger partial charge in [-0.3, -0.25) is 14.4 Å². The molecule has 0 fully saturated rings. The van der Waals surface area contributed by atoms with E-state index in [1.54, 1.807) is 6.92 Å². The van der Waals surface area contributed by atoms with Gasteiger partial charge in [0.05, 0.1) is 59.0 Å². The molecule has 3 aromatic rings. The second kappa shape index (κ2) is 13.1. The summed E-state index contributed by atoms with van der Waals surface area (Å²) in [4.78, 5) is 65.4. The van der Waals surface area contributed by atoms with Crippen molar-refractivity contribution in [1.82, 2.24) is 0 Å². The van der Waals surface area contributed by atoms with Gasteiger partial charge in [0.15, 0.2) is 17.3 Å². The summed E-state index contributed by atoms with van der Waals surface area (Å²) in [6.07, 6.45) is -0.737. The number of methoxy groups -OCH3 is 5. The Morgan fingerprint density at radius 1 is 0.938 bits per heavy atom. The first-order chi connectivity index (χ1) is 22.9. The van der Waals surface area contributed by atoms with Crippen molar-refractivity contribution in [2.24, 2.45) is 5.92 Å². The van der Waals surface area contributed by atoms with Gasteiger partial charge in [-0.15, -0.1) is 0 Å². The van der Waals surface area contributed by atoms with Gasteiger partial charge in [-0.2, -0.15) is 0 Å². The highest BCUT2D eigenvalue weighted by Gasteiger charge is 2.61. The third-order valence-electron chi connectivity index (χ3n) is 8.49. The van der Waals surface area contributed by atoms with Gasteiger partial charge in [-0.1, -0.05) is 18.5 Å². The molecule has 0 radical (unpaired) electrons. The van der Waals surface area contributed by atoms with Crippen molar-refractivity contribution >= 4 is 41.1 Å². The fraction of sp³-hybridized carbons (Fsp3) is 0.324. The van der Waals surface area contributed by atoms with E-state index in [0.29, 0.717) is 0 Å². The molecule has 3 atom stereocenters. The molecular formula is C34H31ClO13. The summed E-state index contributed by atoms with van der Waals surface area (Å²) in [6.45, 7) is 1.57. The number of aliphatic hydroxyl groups excluding tert-OH is 1. The van der Waals surface area contributed by atoms with Gasteiger partial charge in [-0.25, -0.2) is 9.59 Å². The molecule has 5 rings (SSSR count). The zero-order valence-corrected chi connectivity index (χ0v) is 27.5. The number of Topliss-reactive ketones (excluding diaryl/α,β-unsaturated/α-hetero) is 2. The highest BCUT2D eigenvalue weighted by atomic mass is 35.5. The molecule has 0 amide bonds. The molecule has 2 heterocycles. The second-order valence-corrected chi connectivity index (χ2v) is 11.5. The number of carbonyl (C=O) groups is 5. The monoisotopic (exact) mass is 682 g/mol. The third kappa shape index (κ3) is 5.43. The van der Waals surface area contributed by atoms with Crippen LogP contribution in [0.3, 0.4) is 0 Å². The largest absolute Gasteiger partial charge is 0.507 e. The third-order valence-corrected chi connectivity index (χ3v) is 8.85. The van der Waals surface area contributed by atoms with Crippen LogP contribution in [0.15, 0.2) is 52.1 Å². The Morgan fingerprint density at radius 3 is 2.12 bits per heavy atom. The Balaban J connectivity index is 1.67. The number of carbonyl (C=O) groups excluding carboxylic acids is 5. The van der Waals surface area contributed by atoms with Crippen LogP contribution < -0.4 is 14.2 Å². The zero-order valence-electron chi connectivity index (χ0n) is 26.8. The van der Waals surface area contributed by atoms with Gasteiger partial charge in [-0.05, 0) is 30.3 Å². The fourth-order valence-electron chi connectivity index (χ4n) is 6.07. The van der Waals surface area contributed by atoms with Crippen molar-refractivity contribution in [2.45, 2.75) is 31.3 Å². The Bertz CT molecular complexity index is 1850. The molecule has 1 spiro atoms. The summed E-state index contributed by atoms with van der Waals surface area (Å²) in [5, 5.41) is 11.9. The molecule has 1 aliphatic carbocycles. The van der Waals surface area contributed by atoms with E-state index in [0.717, 1.165) is 7.11 Å². The van der Waals surface area contributed by atoms with Gasteiger partial charge in [0, 0.05) is 29.5 Å². The topological polar surface area (TPSA) is 174 Å². The molecule has 1 aliphatic heterocycles. The van der Waals surface area contributed by atoms with Gasteiger partial charge in [0.1, 0.15) is 33.6 Å². The molecule has 0 saturated carbocycles. The Hall–Kier alpha value is -5.30. The quantitative estimate of drug-likeness (QED) is 0.228. The van der Waals surface area contributed by atoms with E-state index in [-0.39, 0.29) is 68.0 Å². The normalized spacial score (nSPS) is 19.0. The van der Waals surface area contributed by atoms with E-state index in [9.17, 15) is 29.1 Å². The lowest BCUT2D eigenvalue weighted by Crippen LogP contribution is -2.53. The average Bonchev–Trinajstić information content (AvgIpc) is 3.70. The van der Waals surface area contributed by atoms with Crippen molar-refractivity contribution in [3.05, 3.63) is 75.2 Å². The molecule has 3 unspecified atom stereocenters. The van der Waals surface area contributed by atoms with Gasteiger partial charge in [0.25, 0.3) is 0 Å². The maximum atomic E-state index is 14.2. The van der Waals surface area contributed by atoms with Crippen LogP contribution >= 0.6 is 11.6 Å². The van der Waals surface area contributed by atoms with Crippen LogP contribution in [0, 0.1) is 5.92 Å². The first kappa shape index (κ1) is 34.0. The molecule has 2 aliphatic rings. The van der Waals surface area contributed by atoms with E-state index in [4.69, 9.17) is 44.4 Å². The van der Waals surface area contributed by atoms with Crippen molar-refractivity contribution in [1.29, 1.82) is 0 Å². The minimum absolute atomic E-state index is 0.0262. The summed E-state index contributed by atoms with van der Waals surface area (Å²) < 4.78 is 37.6. The smallest absolute Gasteiger partial charge is 0.337 e. The molecular weight excluding hydrogens is 652 g/mol. The molecule has 14 heteroatoms. The van der Waals surface area contributed by atoms with Crippen LogP contribution in [0.4, 0.5) is 0 Å². The number of esters is 3. The van der Waals surface area contributed by atoms with Crippen LogP contribution in [0.1, 0.15) is 62.5 Å². The number of fused-ring (bicyclic) bond motifs is 1. The summed E-state index contributed by atoms with van der Waals surface area (Å²) in [5.74, 6) is -6.07. The number of aliphatic hydroxyl groups is 1. The van der Waals surface area contributed by atoms with Crippen LogP contribution in [-0.4, -0.2) is 75.7 Å². The molecule has 1 N–H and O–H groups in total. The van der Waals surface area contributed by atoms with E-state index < -0.39 is 59.1 Å². The minimum atomic E-state index is -2.11. The van der Waals surface area contributed by atoms with E-state index in [2.05, 4.69) is 0 Å². The summed E-state index contributed by atoms with van der Waals surface area (Å²) in [7, 11) is 6.23. The number of rotatable bonds is 9. The fourth-order valence-corrected chi connectivity index (χ4v) is 6.33. The number of furan rings is 1. The average molecular weight is 683 g/mol. The number of hydrogen-bond acceptors (Lipinski definition) is 13. The van der Waals surface area contributed by atoms with Crippen LogP contribution in [0.25, 0.3) is 11.3 Å². The lowest BCUT2D eigenvalue weighted by Gasteiger charge is -2.38. The number of allylic oxidation sites excluding steroid dienone is 1. The molecule has 13 nitrogen and oxygen atoms in total. The number of hydrogen-bond donors (Lipinski definition) is 1. The number of ketones is 2. The number of benzene rings is 2. The van der Waals surface area contributed by atoms with E-state index in [1.165, 1.54) is 64.8 Å². The van der Waals surface area contributed by atoms with Crippen molar-refractivity contribution in [2.75, 3.05) is 35.5 Å². The zero-order chi connectivity index (χ0) is 35.1. The van der Waals surface area contributed by atoms with Crippen LogP contribution in [0.5, 0.6) is 17.2 Å². The Morgan fingerprint density at radius 2 is 1.56 bits per heavy atom. The predicted molar refractivity (Wildman–Crippen MR) is 167 cm³/mol. The molecule has 0 saturated heterocycles. The predicted octanol–water partition coefficient (Wildman–Crippen LogP) is 5.27. The molecule has 2 aromatic carbocycles. The maximum Gasteiger partial charge on any atom is 0.337 e. The summed E-state index contributed by atoms with van der Waals surface area (Å²) >= 11 is 6.54.